The summed E-state index contributed by atoms with van der Waals surface area (Å²) in [6, 6.07) is 8.33. The molecule has 2 rings (SSSR count). The summed E-state index contributed by atoms with van der Waals surface area (Å²) in [7, 11) is 1.82. The van der Waals surface area contributed by atoms with Gasteiger partial charge in [-0.1, -0.05) is 18.2 Å². The minimum Gasteiger partial charge on any atom is -0.444 e. The van der Waals surface area contributed by atoms with Gasteiger partial charge in [-0.3, -0.25) is 4.79 Å². The molecule has 0 atom stereocenters. The summed E-state index contributed by atoms with van der Waals surface area (Å²) in [6.07, 6.45) is 1.39. The van der Waals surface area contributed by atoms with Gasteiger partial charge in [-0.2, -0.15) is 0 Å². The molecule has 26 heavy (non-hydrogen) atoms. The van der Waals surface area contributed by atoms with Gasteiger partial charge in [0.2, 0.25) is 5.91 Å². The van der Waals surface area contributed by atoms with Gasteiger partial charge in [0.05, 0.1) is 0 Å². The van der Waals surface area contributed by atoms with Gasteiger partial charge in [-0.05, 0) is 45.2 Å². The number of anilines is 1. The Balaban J connectivity index is 1.94. The van der Waals surface area contributed by atoms with Gasteiger partial charge in [-0.25, -0.2) is 4.79 Å². The Morgan fingerprint density at radius 3 is 2.42 bits per heavy atom. The highest BCUT2D eigenvalue weighted by Crippen LogP contribution is 2.25. The van der Waals surface area contributed by atoms with Crippen LogP contribution in [0.3, 0.4) is 0 Å². The Kier molecular flexibility index (Phi) is 6.51. The van der Waals surface area contributed by atoms with E-state index in [1.165, 1.54) is 0 Å². The van der Waals surface area contributed by atoms with Crippen molar-refractivity contribution in [3.8, 4) is 0 Å². The topological polar surface area (TPSA) is 61.9 Å². The fourth-order valence-corrected chi connectivity index (χ4v) is 3.06. The van der Waals surface area contributed by atoms with Crippen LogP contribution in [-0.4, -0.2) is 48.7 Å². The zero-order chi connectivity index (χ0) is 19.3. The zero-order valence-corrected chi connectivity index (χ0v) is 16.5. The number of hydrogen-bond acceptors (Lipinski definition) is 4. The highest BCUT2D eigenvalue weighted by molar-refractivity contribution is 5.73. The molecule has 2 amide bonds. The maximum atomic E-state index is 11.9. The van der Waals surface area contributed by atoms with Crippen LogP contribution in [0.4, 0.5) is 10.5 Å². The fraction of sp³-hybridized carbons (Fsp3) is 0.600. The lowest BCUT2D eigenvalue weighted by Gasteiger charge is -2.35. The molecule has 1 aromatic rings. The Hall–Kier alpha value is -2.24. The number of carbonyl (C=O) groups is 2. The van der Waals surface area contributed by atoms with Crippen molar-refractivity contribution < 1.29 is 14.3 Å². The summed E-state index contributed by atoms with van der Waals surface area (Å²) in [5, 5.41) is 2.97. The second-order valence-electron chi connectivity index (χ2n) is 7.91. The quantitative estimate of drug-likeness (QED) is 0.895. The number of para-hydroxylation sites is 1. The van der Waals surface area contributed by atoms with E-state index in [4.69, 9.17) is 4.74 Å². The van der Waals surface area contributed by atoms with Crippen LogP contribution >= 0.6 is 0 Å². The molecule has 1 saturated heterocycles. The van der Waals surface area contributed by atoms with Crippen LogP contribution in [0.25, 0.3) is 0 Å². The molecule has 0 spiro atoms. The molecule has 1 aliphatic rings. The first-order valence-electron chi connectivity index (χ1n) is 9.20. The lowest BCUT2D eigenvalue weighted by Crippen LogP contribution is -2.46. The first kappa shape index (κ1) is 20.1. The summed E-state index contributed by atoms with van der Waals surface area (Å²) < 4.78 is 5.34. The summed E-state index contributed by atoms with van der Waals surface area (Å²) in [4.78, 5) is 27.5. The number of rotatable bonds is 4. The maximum absolute atomic E-state index is 11.9. The van der Waals surface area contributed by atoms with Gasteiger partial charge in [-0.15, -0.1) is 0 Å². The molecule has 144 valence electrons. The molecule has 1 heterocycles. The van der Waals surface area contributed by atoms with Crippen LogP contribution in [0.2, 0.25) is 0 Å². The fourth-order valence-electron chi connectivity index (χ4n) is 3.06. The Morgan fingerprint density at radius 1 is 1.23 bits per heavy atom. The van der Waals surface area contributed by atoms with Crippen molar-refractivity contribution in [3.05, 3.63) is 29.8 Å². The van der Waals surface area contributed by atoms with Crippen LogP contribution < -0.4 is 10.2 Å². The van der Waals surface area contributed by atoms with E-state index in [-0.39, 0.29) is 18.0 Å². The number of alkyl carbamates (subject to hydrolysis) is 1. The molecule has 0 saturated carbocycles. The maximum Gasteiger partial charge on any atom is 0.407 e. The monoisotopic (exact) mass is 361 g/mol. The molecule has 0 radical (unpaired) electrons. The second-order valence-corrected chi connectivity index (χ2v) is 7.91. The minimum atomic E-state index is -0.480. The third-order valence-corrected chi connectivity index (χ3v) is 4.49. The number of nitrogens with one attached hydrogen (secondary N) is 1. The Labute approximate surface area is 156 Å². The first-order chi connectivity index (χ1) is 12.2. The van der Waals surface area contributed by atoms with Gasteiger partial charge in [0.15, 0.2) is 0 Å². The van der Waals surface area contributed by atoms with Gasteiger partial charge in [0.1, 0.15) is 5.60 Å². The molecule has 6 heteroatoms. The van der Waals surface area contributed by atoms with E-state index in [1.54, 1.807) is 11.8 Å². The first-order valence-corrected chi connectivity index (χ1v) is 9.20. The molecule has 6 nitrogen and oxygen atoms in total. The smallest absolute Gasteiger partial charge is 0.407 e. The summed E-state index contributed by atoms with van der Waals surface area (Å²) >= 11 is 0. The van der Waals surface area contributed by atoms with Crippen LogP contribution in [0.15, 0.2) is 24.3 Å². The highest BCUT2D eigenvalue weighted by atomic mass is 16.6. The number of carbonyl (C=O) groups excluding carboxylic acids is 2. The number of nitrogens with zero attached hydrogens (tertiary/aromatic N) is 2. The SMILES string of the molecule is CC(=O)N(C)Cc1ccccc1N1CCC(NC(=O)OC(C)(C)C)CC1. The Bertz CT molecular complexity index is 631. The normalized spacial score (nSPS) is 15.5. The van der Waals surface area contributed by atoms with Crippen molar-refractivity contribution in [2.24, 2.45) is 0 Å². The van der Waals surface area contributed by atoms with Gasteiger partial charge >= 0.3 is 6.09 Å². The van der Waals surface area contributed by atoms with Crippen molar-refractivity contribution in [3.63, 3.8) is 0 Å². The molecule has 0 unspecified atom stereocenters. The minimum absolute atomic E-state index is 0.0556. The molecule has 1 aliphatic heterocycles. The average Bonchev–Trinajstić information content (AvgIpc) is 2.54. The van der Waals surface area contributed by atoms with Crippen molar-refractivity contribution in [1.29, 1.82) is 0 Å². The highest BCUT2D eigenvalue weighted by Gasteiger charge is 2.24. The molecule has 1 N–H and O–H groups in total. The van der Waals surface area contributed by atoms with Gasteiger partial charge in [0.25, 0.3) is 0 Å². The molecule has 1 fully saturated rings. The van der Waals surface area contributed by atoms with E-state index < -0.39 is 5.60 Å². The standard InChI is InChI=1S/C20H31N3O3/c1-15(24)22(5)14-16-8-6-7-9-18(16)23-12-10-17(11-13-23)21-19(25)26-20(2,3)4/h6-9,17H,10-14H2,1-5H3,(H,21,25). The van der Waals surface area contributed by atoms with Gasteiger partial charge in [0, 0.05) is 45.3 Å². The summed E-state index contributed by atoms with van der Waals surface area (Å²) in [5.74, 6) is 0.0556. The van der Waals surface area contributed by atoms with Crippen LogP contribution in [0.5, 0.6) is 0 Å². The second kappa shape index (κ2) is 8.43. The summed E-state index contributed by atoms with van der Waals surface area (Å²) in [5.41, 5.74) is 1.83. The molecule has 1 aromatic carbocycles. The van der Waals surface area contributed by atoms with Crippen molar-refractivity contribution in [1.82, 2.24) is 10.2 Å². The number of hydrogen-bond donors (Lipinski definition) is 1. The molecule has 0 aromatic heterocycles. The van der Waals surface area contributed by atoms with E-state index in [1.807, 2.05) is 40.0 Å². The van der Waals surface area contributed by atoms with E-state index in [9.17, 15) is 9.59 Å². The molecule has 0 bridgehead atoms. The number of piperidine rings is 1. The molecular weight excluding hydrogens is 330 g/mol. The number of amides is 2. The van der Waals surface area contributed by atoms with E-state index >= 15 is 0 Å². The largest absolute Gasteiger partial charge is 0.444 e. The van der Waals surface area contributed by atoms with Gasteiger partial charge < -0.3 is 19.9 Å². The van der Waals surface area contributed by atoms with E-state index in [0.29, 0.717) is 6.54 Å². The van der Waals surface area contributed by atoms with Crippen LogP contribution in [0, 0.1) is 0 Å². The average molecular weight is 361 g/mol. The van der Waals surface area contributed by atoms with E-state index in [2.05, 4.69) is 22.3 Å². The van der Waals surface area contributed by atoms with Crippen molar-refractivity contribution >= 4 is 17.7 Å². The number of ether oxygens (including phenoxy) is 1. The lowest BCUT2D eigenvalue weighted by molar-refractivity contribution is -0.128. The lowest BCUT2D eigenvalue weighted by atomic mass is 10.0. The van der Waals surface area contributed by atoms with E-state index in [0.717, 1.165) is 37.2 Å². The van der Waals surface area contributed by atoms with Crippen molar-refractivity contribution in [2.75, 3.05) is 25.0 Å². The summed E-state index contributed by atoms with van der Waals surface area (Å²) in [6.45, 7) is 9.50. The third-order valence-electron chi connectivity index (χ3n) is 4.49. The number of benzene rings is 1. The molecule has 0 aliphatic carbocycles. The third kappa shape index (κ3) is 5.93. The van der Waals surface area contributed by atoms with Crippen molar-refractivity contribution in [2.45, 2.75) is 58.7 Å². The zero-order valence-electron chi connectivity index (χ0n) is 16.5. The van der Waals surface area contributed by atoms with Crippen LogP contribution in [0.1, 0.15) is 46.1 Å². The predicted octanol–water partition coefficient (Wildman–Crippen LogP) is 3.16. The molecular formula is C20H31N3O3. The predicted molar refractivity (Wildman–Crippen MR) is 103 cm³/mol. The van der Waals surface area contributed by atoms with Crippen LogP contribution in [-0.2, 0) is 16.1 Å². The Morgan fingerprint density at radius 2 is 1.85 bits per heavy atom.